The minimum absolute atomic E-state index is 1.09. The van der Waals surface area contributed by atoms with Crippen LogP contribution < -0.4 is 0 Å². The third-order valence-electron chi connectivity index (χ3n) is 1.20. The van der Waals surface area contributed by atoms with E-state index in [0.717, 1.165) is 8.47 Å². The summed E-state index contributed by atoms with van der Waals surface area (Å²) < 4.78 is 2.18. The Morgan fingerprint density at radius 1 is 0.900 bits per heavy atom. The number of rotatable bonds is 0. The monoisotopic (exact) mass is 210 g/mol. The third kappa shape index (κ3) is 3.03. The second kappa shape index (κ2) is 4.91. The molecule has 0 amide bonds. The molecular formula is C6H10S4. The molecule has 0 unspecified atom stereocenters. The molecule has 1 rings (SSSR count). The van der Waals surface area contributed by atoms with Crippen LogP contribution in [0.15, 0.2) is 8.47 Å². The molecule has 0 saturated heterocycles. The summed E-state index contributed by atoms with van der Waals surface area (Å²) in [5, 5.41) is 0. The van der Waals surface area contributed by atoms with Crippen molar-refractivity contribution in [2.45, 2.75) is 12.8 Å². The summed E-state index contributed by atoms with van der Waals surface area (Å²) in [6.45, 7) is 0. The van der Waals surface area contributed by atoms with Gasteiger partial charge in [-0.15, -0.1) is 48.8 Å². The van der Waals surface area contributed by atoms with Gasteiger partial charge in [0.25, 0.3) is 0 Å². The SMILES string of the molecule is S/C1=C(\S)SCCCCS1. The molecule has 0 radical (unpaired) electrons. The lowest BCUT2D eigenvalue weighted by Crippen LogP contribution is -1.87. The minimum Gasteiger partial charge on any atom is -0.135 e. The highest BCUT2D eigenvalue weighted by Gasteiger charge is 2.04. The quantitative estimate of drug-likeness (QED) is 0.589. The summed E-state index contributed by atoms with van der Waals surface area (Å²) in [4.78, 5) is 0. The number of hydrogen-bond donors (Lipinski definition) is 2. The van der Waals surface area contributed by atoms with Crippen molar-refractivity contribution in [1.29, 1.82) is 0 Å². The molecule has 1 aliphatic rings. The van der Waals surface area contributed by atoms with E-state index in [9.17, 15) is 0 Å². The number of thioether (sulfide) groups is 2. The summed E-state index contributed by atoms with van der Waals surface area (Å²) in [5.74, 6) is 2.40. The first-order valence-electron chi connectivity index (χ1n) is 3.18. The zero-order chi connectivity index (χ0) is 7.40. The topological polar surface area (TPSA) is 0 Å². The smallest absolute Gasteiger partial charge is 0.0569 e. The fraction of sp³-hybridized carbons (Fsp3) is 0.667. The molecule has 0 spiro atoms. The Labute approximate surface area is 81.4 Å². The zero-order valence-corrected chi connectivity index (χ0v) is 8.96. The largest absolute Gasteiger partial charge is 0.135 e. The fourth-order valence-electron chi connectivity index (χ4n) is 0.665. The van der Waals surface area contributed by atoms with Crippen molar-refractivity contribution in [3.05, 3.63) is 8.47 Å². The molecule has 0 bridgehead atoms. The highest BCUT2D eigenvalue weighted by atomic mass is 32.2. The summed E-state index contributed by atoms with van der Waals surface area (Å²) in [5.41, 5.74) is 0. The summed E-state index contributed by atoms with van der Waals surface area (Å²) in [7, 11) is 0. The maximum absolute atomic E-state index is 4.32. The van der Waals surface area contributed by atoms with Gasteiger partial charge >= 0.3 is 0 Å². The second-order valence-electron chi connectivity index (χ2n) is 2.01. The Morgan fingerprint density at radius 3 is 1.70 bits per heavy atom. The predicted molar refractivity (Wildman–Crippen MR) is 59.1 cm³/mol. The fourth-order valence-corrected chi connectivity index (χ4v) is 3.28. The molecule has 0 saturated carbocycles. The van der Waals surface area contributed by atoms with Gasteiger partial charge in [-0.3, -0.25) is 0 Å². The van der Waals surface area contributed by atoms with Gasteiger partial charge in [-0.05, 0) is 24.3 Å². The molecule has 1 heterocycles. The minimum atomic E-state index is 1.09. The van der Waals surface area contributed by atoms with Crippen LogP contribution in [0.1, 0.15) is 12.8 Å². The van der Waals surface area contributed by atoms with Crippen molar-refractivity contribution in [1.82, 2.24) is 0 Å². The summed E-state index contributed by atoms with van der Waals surface area (Å²) in [6.07, 6.45) is 2.62. The van der Waals surface area contributed by atoms with E-state index in [4.69, 9.17) is 0 Å². The molecule has 0 aliphatic carbocycles. The van der Waals surface area contributed by atoms with Crippen molar-refractivity contribution in [3.8, 4) is 0 Å². The van der Waals surface area contributed by atoms with Crippen LogP contribution in [0.4, 0.5) is 0 Å². The molecule has 10 heavy (non-hydrogen) atoms. The second-order valence-corrected chi connectivity index (χ2v) is 5.72. The Bertz CT molecular complexity index is 125. The summed E-state index contributed by atoms with van der Waals surface area (Å²) in [6, 6.07) is 0. The average Bonchev–Trinajstić information content (AvgIpc) is 1.92. The van der Waals surface area contributed by atoms with Gasteiger partial charge in [0, 0.05) is 0 Å². The lowest BCUT2D eigenvalue weighted by atomic mass is 10.4. The van der Waals surface area contributed by atoms with Crippen LogP contribution in [0, 0.1) is 0 Å². The van der Waals surface area contributed by atoms with E-state index in [0.29, 0.717) is 0 Å². The third-order valence-corrected chi connectivity index (χ3v) is 4.97. The van der Waals surface area contributed by atoms with E-state index in [2.05, 4.69) is 25.3 Å². The van der Waals surface area contributed by atoms with Crippen LogP contribution in [0.25, 0.3) is 0 Å². The molecule has 0 fully saturated rings. The Balaban J connectivity index is 2.51. The van der Waals surface area contributed by atoms with Crippen molar-refractivity contribution < 1.29 is 0 Å². The van der Waals surface area contributed by atoms with Gasteiger partial charge in [-0.1, -0.05) is 0 Å². The maximum Gasteiger partial charge on any atom is 0.0569 e. The van der Waals surface area contributed by atoms with E-state index >= 15 is 0 Å². The predicted octanol–water partition coefficient (Wildman–Crippen LogP) is 3.23. The first-order chi connectivity index (χ1) is 4.80. The molecule has 4 heteroatoms. The lowest BCUT2D eigenvalue weighted by Gasteiger charge is -2.09. The highest BCUT2D eigenvalue weighted by Crippen LogP contribution is 2.35. The van der Waals surface area contributed by atoms with Crippen LogP contribution >= 0.6 is 48.8 Å². The van der Waals surface area contributed by atoms with Crippen LogP contribution in [-0.4, -0.2) is 11.5 Å². The maximum atomic E-state index is 4.32. The van der Waals surface area contributed by atoms with Crippen LogP contribution in [0.5, 0.6) is 0 Å². The van der Waals surface area contributed by atoms with Crippen molar-refractivity contribution in [2.75, 3.05) is 11.5 Å². The summed E-state index contributed by atoms with van der Waals surface area (Å²) >= 11 is 12.3. The van der Waals surface area contributed by atoms with Gasteiger partial charge in [-0.25, -0.2) is 0 Å². The van der Waals surface area contributed by atoms with E-state index in [-0.39, 0.29) is 0 Å². The van der Waals surface area contributed by atoms with Crippen molar-refractivity contribution >= 4 is 48.8 Å². The molecule has 0 aromatic rings. The molecular weight excluding hydrogens is 200 g/mol. The van der Waals surface area contributed by atoms with Gasteiger partial charge in [0.1, 0.15) is 0 Å². The normalized spacial score (nSPS) is 29.4. The highest BCUT2D eigenvalue weighted by molar-refractivity contribution is 8.21. The first kappa shape index (κ1) is 9.23. The van der Waals surface area contributed by atoms with Gasteiger partial charge in [0.15, 0.2) is 0 Å². The Hall–Kier alpha value is 1.14. The molecule has 58 valence electrons. The van der Waals surface area contributed by atoms with Crippen molar-refractivity contribution in [3.63, 3.8) is 0 Å². The van der Waals surface area contributed by atoms with Crippen molar-refractivity contribution in [2.24, 2.45) is 0 Å². The van der Waals surface area contributed by atoms with Gasteiger partial charge in [0.05, 0.1) is 8.47 Å². The van der Waals surface area contributed by atoms with E-state index in [1.54, 1.807) is 23.5 Å². The van der Waals surface area contributed by atoms with Gasteiger partial charge < -0.3 is 0 Å². The van der Waals surface area contributed by atoms with E-state index in [1.807, 2.05) is 0 Å². The average molecular weight is 210 g/mol. The number of thiol groups is 2. The molecule has 0 aromatic carbocycles. The first-order valence-corrected chi connectivity index (χ1v) is 6.05. The Kier molecular flexibility index (Phi) is 4.53. The van der Waals surface area contributed by atoms with E-state index in [1.165, 1.54) is 24.3 Å². The Morgan fingerprint density at radius 2 is 1.30 bits per heavy atom. The molecule has 0 atom stereocenters. The molecule has 1 aliphatic heterocycles. The van der Waals surface area contributed by atoms with Gasteiger partial charge in [0.2, 0.25) is 0 Å². The van der Waals surface area contributed by atoms with E-state index < -0.39 is 0 Å². The molecule has 0 N–H and O–H groups in total. The van der Waals surface area contributed by atoms with Crippen LogP contribution in [0.3, 0.4) is 0 Å². The van der Waals surface area contributed by atoms with Crippen LogP contribution in [-0.2, 0) is 0 Å². The van der Waals surface area contributed by atoms with Gasteiger partial charge in [-0.2, -0.15) is 0 Å². The number of hydrogen-bond acceptors (Lipinski definition) is 4. The molecule has 0 aromatic heterocycles. The molecule has 0 nitrogen and oxygen atoms in total. The zero-order valence-electron chi connectivity index (χ0n) is 5.54. The standard InChI is InChI=1S/C6H10S4/c7-5-6(8)10-4-2-1-3-9-5/h7-8H,1-4H2/b6-5-. The lowest BCUT2D eigenvalue weighted by molar-refractivity contribution is 0.909. The van der Waals surface area contributed by atoms with Crippen LogP contribution in [0.2, 0.25) is 0 Å².